The van der Waals surface area contributed by atoms with E-state index in [1.807, 2.05) is 66.2 Å². The van der Waals surface area contributed by atoms with Crippen LogP contribution in [0.3, 0.4) is 0 Å². The number of hydrogen-bond donors (Lipinski definition) is 0. The molecule has 0 radical (unpaired) electrons. The van der Waals surface area contributed by atoms with Gasteiger partial charge in [0.25, 0.3) is 0 Å². The van der Waals surface area contributed by atoms with E-state index >= 15 is 0 Å². The highest BCUT2D eigenvalue weighted by molar-refractivity contribution is 7.16. The minimum Gasteiger partial charge on any atom is -0.309 e. The second kappa shape index (κ2) is 13.8. The van der Waals surface area contributed by atoms with E-state index in [9.17, 15) is 0 Å². The van der Waals surface area contributed by atoms with Gasteiger partial charge in [0.1, 0.15) is 0 Å². The molecule has 3 aromatic heterocycles. The molecule has 5 nitrogen and oxygen atoms in total. The molecule has 0 atom stereocenters. The van der Waals surface area contributed by atoms with Crippen molar-refractivity contribution >= 4 is 43.4 Å². The van der Waals surface area contributed by atoms with Gasteiger partial charge >= 0.3 is 0 Å². The molecule has 3 heterocycles. The van der Waals surface area contributed by atoms with Crippen molar-refractivity contribution in [3.8, 4) is 73.2 Å². The summed E-state index contributed by atoms with van der Waals surface area (Å²) in [4.78, 5) is 19.7. The van der Waals surface area contributed by atoms with Crippen LogP contribution in [0, 0.1) is 0 Å². The molecule has 0 N–H and O–H groups in total. The first kappa shape index (κ1) is 35.4. The van der Waals surface area contributed by atoms with E-state index in [-0.39, 0.29) is 5.41 Å². The second-order valence-corrected chi connectivity index (χ2v) is 17.2. The van der Waals surface area contributed by atoms with Crippen LogP contribution in [0.15, 0.2) is 188 Å². The van der Waals surface area contributed by atoms with Crippen LogP contribution >= 0.6 is 11.3 Å². The predicted octanol–water partition coefficient (Wildman–Crippen LogP) is 14.2. The number of aromatic nitrogens is 5. The SMILES string of the molecule is CC1(C)c2cc(-c3ccc4c(c3)c3cc(-c5ccccc5)ccc3n4-c3cccc(-c4nc(-c5ccccc5)nc(-c5ccccc5)n4)c3)ccc2-c2cc3ncsc3cc21. The highest BCUT2D eigenvalue weighted by Crippen LogP contribution is 2.51. The van der Waals surface area contributed by atoms with Crippen LogP contribution in [0.2, 0.25) is 0 Å². The Morgan fingerprint density at radius 1 is 0.426 bits per heavy atom. The Bertz CT molecular complexity index is 3440. The number of nitrogens with zero attached hydrogens (tertiary/aromatic N) is 5. The summed E-state index contributed by atoms with van der Waals surface area (Å²) in [6.07, 6.45) is 0. The minimum atomic E-state index is -0.128. The van der Waals surface area contributed by atoms with Crippen molar-refractivity contribution in [1.29, 1.82) is 0 Å². The summed E-state index contributed by atoms with van der Waals surface area (Å²) in [6, 6.07) is 64.9. The Labute approximate surface area is 357 Å². The van der Waals surface area contributed by atoms with Crippen molar-refractivity contribution in [3.05, 3.63) is 199 Å². The molecule has 0 saturated carbocycles. The lowest BCUT2D eigenvalue weighted by molar-refractivity contribution is 0.661. The summed E-state index contributed by atoms with van der Waals surface area (Å²) in [5, 5.41) is 2.39. The molecule has 0 saturated heterocycles. The summed E-state index contributed by atoms with van der Waals surface area (Å²) in [6.45, 7) is 4.71. The van der Waals surface area contributed by atoms with E-state index in [2.05, 4.69) is 145 Å². The van der Waals surface area contributed by atoms with Crippen molar-refractivity contribution in [3.63, 3.8) is 0 Å². The van der Waals surface area contributed by atoms with Gasteiger partial charge in [-0.3, -0.25) is 0 Å². The number of benzene rings is 8. The second-order valence-electron chi connectivity index (χ2n) is 16.4. The monoisotopic (exact) mass is 799 g/mol. The van der Waals surface area contributed by atoms with Gasteiger partial charge in [-0.1, -0.05) is 141 Å². The van der Waals surface area contributed by atoms with E-state index in [0.717, 1.165) is 38.9 Å². The first-order chi connectivity index (χ1) is 30.0. The lowest BCUT2D eigenvalue weighted by Crippen LogP contribution is -2.14. The third kappa shape index (κ3) is 5.82. The number of fused-ring (bicyclic) bond motifs is 7. The highest BCUT2D eigenvalue weighted by Gasteiger charge is 2.36. The molecule has 12 rings (SSSR count). The molecule has 61 heavy (non-hydrogen) atoms. The average molecular weight is 800 g/mol. The fourth-order valence-electron chi connectivity index (χ4n) is 9.28. The number of rotatable bonds is 6. The summed E-state index contributed by atoms with van der Waals surface area (Å²) in [7, 11) is 0. The van der Waals surface area contributed by atoms with E-state index < -0.39 is 0 Å². The Balaban J connectivity index is 1.02. The Kier molecular flexibility index (Phi) is 7.99. The van der Waals surface area contributed by atoms with Gasteiger partial charge < -0.3 is 4.57 Å². The molecule has 0 bridgehead atoms. The normalized spacial score (nSPS) is 12.9. The van der Waals surface area contributed by atoms with Crippen LogP contribution in [-0.2, 0) is 5.41 Å². The molecule has 1 aliphatic rings. The molecular formula is C55H37N5S. The third-order valence-electron chi connectivity index (χ3n) is 12.4. The zero-order valence-corrected chi connectivity index (χ0v) is 34.4. The molecule has 0 amide bonds. The first-order valence-corrected chi connectivity index (χ1v) is 21.5. The lowest BCUT2D eigenvalue weighted by atomic mass is 9.81. The molecule has 11 aromatic rings. The maximum Gasteiger partial charge on any atom is 0.164 e. The number of thiazole rings is 1. The summed E-state index contributed by atoms with van der Waals surface area (Å²) < 4.78 is 3.62. The van der Waals surface area contributed by atoms with Crippen LogP contribution in [0.25, 0.3) is 105 Å². The molecule has 8 aromatic carbocycles. The summed E-state index contributed by atoms with van der Waals surface area (Å²) in [5.41, 5.74) is 19.1. The van der Waals surface area contributed by atoms with E-state index in [1.165, 1.54) is 60.0 Å². The molecule has 0 fully saturated rings. The van der Waals surface area contributed by atoms with Gasteiger partial charge in [0.05, 0.1) is 26.8 Å². The van der Waals surface area contributed by atoms with Crippen LogP contribution in [-0.4, -0.2) is 24.5 Å². The van der Waals surface area contributed by atoms with Crippen molar-refractivity contribution in [2.24, 2.45) is 0 Å². The largest absolute Gasteiger partial charge is 0.309 e. The highest BCUT2D eigenvalue weighted by atomic mass is 32.1. The van der Waals surface area contributed by atoms with Crippen LogP contribution < -0.4 is 0 Å². The fraction of sp³-hybridized carbons (Fsp3) is 0.0545. The van der Waals surface area contributed by atoms with E-state index in [4.69, 9.17) is 15.0 Å². The molecule has 1 aliphatic carbocycles. The Hall–Kier alpha value is -7.54. The summed E-state index contributed by atoms with van der Waals surface area (Å²) in [5.74, 6) is 1.91. The topological polar surface area (TPSA) is 56.5 Å². The van der Waals surface area contributed by atoms with Crippen molar-refractivity contribution < 1.29 is 0 Å². The molecule has 0 aliphatic heterocycles. The third-order valence-corrected chi connectivity index (χ3v) is 13.2. The van der Waals surface area contributed by atoms with Gasteiger partial charge in [-0.2, -0.15) is 0 Å². The summed E-state index contributed by atoms with van der Waals surface area (Å²) >= 11 is 1.71. The van der Waals surface area contributed by atoms with E-state index in [1.54, 1.807) is 11.3 Å². The van der Waals surface area contributed by atoms with Crippen LogP contribution in [0.1, 0.15) is 25.0 Å². The smallest absolute Gasteiger partial charge is 0.164 e. The first-order valence-electron chi connectivity index (χ1n) is 20.6. The molecule has 288 valence electrons. The standard InChI is InChI=1S/C55H37N5S/c1-55(2)46-30-39(21-24-42(46)43-31-48-51(32-47(43)55)61-33-56-48)38-23-26-50-45(29-38)44-28-37(34-13-6-3-7-14-34)22-25-49(44)60(50)41-20-12-19-40(27-41)54-58-52(35-15-8-4-9-16-35)57-53(59-54)36-17-10-5-11-18-36/h3-33H,1-2H3. The maximum absolute atomic E-state index is 5.06. The van der Waals surface area contributed by atoms with Gasteiger partial charge in [-0.25, -0.2) is 19.9 Å². The lowest BCUT2D eigenvalue weighted by Gasteiger charge is -2.22. The van der Waals surface area contributed by atoms with Crippen LogP contribution in [0.4, 0.5) is 0 Å². The zero-order valence-electron chi connectivity index (χ0n) is 33.5. The van der Waals surface area contributed by atoms with Crippen LogP contribution in [0.5, 0.6) is 0 Å². The number of hydrogen-bond acceptors (Lipinski definition) is 5. The Morgan fingerprint density at radius 3 is 1.59 bits per heavy atom. The van der Waals surface area contributed by atoms with Crippen molar-refractivity contribution in [1.82, 2.24) is 24.5 Å². The van der Waals surface area contributed by atoms with Gasteiger partial charge in [-0.05, 0) is 99.1 Å². The fourth-order valence-corrected chi connectivity index (χ4v) is 9.98. The van der Waals surface area contributed by atoms with E-state index in [0.29, 0.717) is 17.5 Å². The zero-order chi connectivity index (χ0) is 40.7. The van der Waals surface area contributed by atoms with Gasteiger partial charge in [0.15, 0.2) is 17.5 Å². The quantitative estimate of drug-likeness (QED) is 0.168. The van der Waals surface area contributed by atoms with Crippen molar-refractivity contribution in [2.45, 2.75) is 19.3 Å². The Morgan fingerprint density at radius 2 is 0.951 bits per heavy atom. The molecule has 6 heteroatoms. The average Bonchev–Trinajstić information content (AvgIpc) is 3.99. The van der Waals surface area contributed by atoms with Crippen molar-refractivity contribution in [2.75, 3.05) is 0 Å². The molecule has 0 unspecified atom stereocenters. The van der Waals surface area contributed by atoms with Gasteiger partial charge in [0, 0.05) is 38.6 Å². The predicted molar refractivity (Wildman–Crippen MR) is 252 cm³/mol. The maximum atomic E-state index is 5.06. The minimum absolute atomic E-state index is 0.128. The molecular weight excluding hydrogens is 763 g/mol. The van der Waals surface area contributed by atoms with Gasteiger partial charge in [0.2, 0.25) is 0 Å². The van der Waals surface area contributed by atoms with Gasteiger partial charge in [-0.15, -0.1) is 11.3 Å². The molecule has 0 spiro atoms.